The molecule has 0 unspecified atom stereocenters. The van der Waals surface area contributed by atoms with Crippen LogP contribution in [0.15, 0.2) is 175 Å². The third kappa shape index (κ3) is 7.16. The van der Waals surface area contributed by atoms with E-state index in [0.717, 1.165) is 17.1 Å². The Morgan fingerprint density at radius 3 is 0.648 bits per heavy atom. The predicted molar refractivity (Wildman–Crippen MR) is 210 cm³/mol. The average molecular weight is 781 g/mol. The Morgan fingerprint density at radius 1 is 0.296 bits per heavy atom. The summed E-state index contributed by atoms with van der Waals surface area (Å²) in [7, 11) is -11.4. The van der Waals surface area contributed by atoms with E-state index in [1.54, 1.807) is 72.8 Å². The molecule has 6 aromatic carbocycles. The van der Waals surface area contributed by atoms with E-state index in [1.165, 1.54) is 72.8 Å². The molecule has 1 fully saturated rings. The Morgan fingerprint density at radius 2 is 0.463 bits per heavy atom. The smallest absolute Gasteiger partial charge is 0.206 e. The molecular formula is C39H36N6O6S3. The summed E-state index contributed by atoms with van der Waals surface area (Å²) >= 11 is 0. The Hall–Kier alpha value is -6.03. The van der Waals surface area contributed by atoms with Crippen LogP contribution < -0.4 is 31.9 Å². The van der Waals surface area contributed by atoms with Gasteiger partial charge in [0.15, 0.2) is 0 Å². The van der Waals surface area contributed by atoms with E-state index in [1.807, 2.05) is 14.7 Å². The van der Waals surface area contributed by atoms with Gasteiger partial charge in [-0.05, 0) is 146 Å². The van der Waals surface area contributed by atoms with Crippen LogP contribution in [-0.4, -0.2) is 45.3 Å². The van der Waals surface area contributed by atoms with Crippen molar-refractivity contribution in [3.63, 3.8) is 0 Å². The first-order valence-corrected chi connectivity index (χ1v) is 21.0. The summed E-state index contributed by atoms with van der Waals surface area (Å²) in [5.41, 5.74) is 20.8. The summed E-state index contributed by atoms with van der Waals surface area (Å²) in [6, 6.07) is 37.8. The van der Waals surface area contributed by atoms with E-state index in [0.29, 0.717) is 37.1 Å². The number of sulfone groups is 3. The van der Waals surface area contributed by atoms with Crippen molar-refractivity contribution < 1.29 is 25.3 Å². The van der Waals surface area contributed by atoms with Gasteiger partial charge in [0.05, 0.1) is 49.4 Å². The molecule has 1 aliphatic rings. The number of nitrogen functional groups attached to an aromatic ring is 3. The molecule has 0 spiro atoms. The van der Waals surface area contributed by atoms with Crippen LogP contribution in [0.25, 0.3) is 0 Å². The summed E-state index contributed by atoms with van der Waals surface area (Å²) in [6.45, 7) is 1.11. The molecule has 0 bridgehead atoms. The van der Waals surface area contributed by atoms with Crippen molar-refractivity contribution in [3.8, 4) is 0 Å². The number of benzene rings is 6. The summed E-state index contributed by atoms with van der Waals surface area (Å²) in [6.07, 6.45) is 0. The van der Waals surface area contributed by atoms with Crippen LogP contribution in [0.5, 0.6) is 0 Å². The molecule has 0 aromatic heterocycles. The fourth-order valence-electron chi connectivity index (χ4n) is 6.10. The molecule has 6 aromatic rings. The van der Waals surface area contributed by atoms with E-state index in [-0.39, 0.29) is 29.4 Å². The van der Waals surface area contributed by atoms with Gasteiger partial charge in [-0.15, -0.1) is 0 Å². The standard InChI is InChI=1S/C39H36N6O6S3/c40-28-1-13-34(14-2-28)52(46,47)37-19-7-31(8-20-37)43-25-44(32-9-21-38(22-10-32)53(48,49)35-15-3-29(41)4-16-35)27-45(26-43)33-11-23-39(24-12-33)54(50,51)36-17-5-30(42)6-18-36/h1-24H,25-27,40-42H2. The molecule has 54 heavy (non-hydrogen) atoms. The van der Waals surface area contributed by atoms with Gasteiger partial charge in [-0.3, -0.25) is 0 Å². The van der Waals surface area contributed by atoms with Crippen molar-refractivity contribution in [3.05, 3.63) is 146 Å². The van der Waals surface area contributed by atoms with Crippen molar-refractivity contribution in [2.75, 3.05) is 51.9 Å². The molecule has 1 aliphatic heterocycles. The fourth-order valence-corrected chi connectivity index (χ4v) is 9.88. The molecule has 0 aliphatic carbocycles. The van der Waals surface area contributed by atoms with Crippen molar-refractivity contribution in [2.24, 2.45) is 0 Å². The number of hydrogen-bond donors (Lipinski definition) is 3. The van der Waals surface area contributed by atoms with Gasteiger partial charge in [-0.2, -0.15) is 0 Å². The summed E-state index contributed by atoms with van der Waals surface area (Å²) in [4.78, 5) is 6.84. The maximum Gasteiger partial charge on any atom is 0.206 e. The van der Waals surface area contributed by atoms with Crippen LogP contribution in [0.4, 0.5) is 34.1 Å². The van der Waals surface area contributed by atoms with E-state index in [9.17, 15) is 25.3 Å². The summed E-state index contributed by atoms with van der Waals surface area (Å²) in [5.74, 6) is 0. The topological polar surface area (TPSA) is 190 Å². The van der Waals surface area contributed by atoms with Gasteiger partial charge < -0.3 is 31.9 Å². The van der Waals surface area contributed by atoms with Crippen molar-refractivity contribution in [1.29, 1.82) is 0 Å². The number of rotatable bonds is 9. The van der Waals surface area contributed by atoms with E-state index >= 15 is 0 Å². The highest BCUT2D eigenvalue weighted by atomic mass is 32.2. The first kappa shape index (κ1) is 36.3. The molecule has 12 nitrogen and oxygen atoms in total. The predicted octanol–water partition coefficient (Wildman–Crippen LogP) is 5.64. The summed E-state index contributed by atoms with van der Waals surface area (Å²) < 4.78 is 80.1. The van der Waals surface area contributed by atoms with Crippen LogP contribution in [0.3, 0.4) is 0 Å². The molecule has 6 N–H and O–H groups in total. The first-order valence-electron chi connectivity index (χ1n) is 16.6. The molecule has 15 heteroatoms. The van der Waals surface area contributed by atoms with E-state index < -0.39 is 29.5 Å². The number of nitrogens with zero attached hydrogens (tertiary/aromatic N) is 3. The molecule has 7 rings (SSSR count). The Labute approximate surface area is 314 Å². The minimum absolute atomic E-state index is 0.123. The minimum atomic E-state index is -3.79. The van der Waals surface area contributed by atoms with Gasteiger partial charge in [0.25, 0.3) is 0 Å². The third-order valence-electron chi connectivity index (χ3n) is 9.13. The molecular weight excluding hydrogens is 745 g/mol. The van der Waals surface area contributed by atoms with Gasteiger partial charge in [-0.25, -0.2) is 25.3 Å². The maximum absolute atomic E-state index is 13.3. The number of nitrogens with two attached hydrogens (primary N) is 3. The van der Waals surface area contributed by atoms with Gasteiger partial charge in [0.1, 0.15) is 0 Å². The normalized spacial score (nSPS) is 13.9. The second-order valence-corrected chi connectivity index (χ2v) is 18.6. The van der Waals surface area contributed by atoms with Gasteiger partial charge >= 0.3 is 0 Å². The number of anilines is 6. The Balaban J connectivity index is 1.19. The second kappa shape index (κ2) is 14.1. The molecule has 0 saturated carbocycles. The van der Waals surface area contributed by atoms with Gasteiger partial charge in [-0.1, -0.05) is 0 Å². The van der Waals surface area contributed by atoms with Crippen LogP contribution in [-0.2, 0) is 29.5 Å². The lowest BCUT2D eigenvalue weighted by atomic mass is 10.2. The van der Waals surface area contributed by atoms with Crippen LogP contribution in [0, 0.1) is 0 Å². The second-order valence-electron chi connectivity index (χ2n) is 12.7. The molecule has 276 valence electrons. The molecule has 0 atom stereocenters. The lowest BCUT2D eigenvalue weighted by Gasteiger charge is -2.45. The average Bonchev–Trinajstić information content (AvgIpc) is 3.18. The zero-order valence-electron chi connectivity index (χ0n) is 28.7. The zero-order chi connectivity index (χ0) is 38.3. The van der Waals surface area contributed by atoms with Crippen molar-refractivity contribution in [1.82, 2.24) is 0 Å². The molecule has 0 radical (unpaired) electrons. The molecule has 0 amide bonds. The molecule has 1 saturated heterocycles. The van der Waals surface area contributed by atoms with Gasteiger partial charge in [0, 0.05) is 34.1 Å². The fraction of sp³-hybridized carbons (Fsp3) is 0.0769. The van der Waals surface area contributed by atoms with Crippen LogP contribution >= 0.6 is 0 Å². The lowest BCUT2D eigenvalue weighted by molar-refractivity contribution is 0.594. The maximum atomic E-state index is 13.3. The van der Waals surface area contributed by atoms with E-state index in [4.69, 9.17) is 17.2 Å². The quantitative estimate of drug-likeness (QED) is 0.153. The largest absolute Gasteiger partial charge is 0.399 e. The third-order valence-corrected chi connectivity index (χ3v) is 14.5. The minimum Gasteiger partial charge on any atom is -0.399 e. The van der Waals surface area contributed by atoms with Crippen molar-refractivity contribution in [2.45, 2.75) is 29.4 Å². The monoisotopic (exact) mass is 780 g/mol. The van der Waals surface area contributed by atoms with Gasteiger partial charge in [0.2, 0.25) is 29.5 Å². The zero-order valence-corrected chi connectivity index (χ0v) is 31.2. The highest BCUT2D eigenvalue weighted by Gasteiger charge is 2.27. The highest BCUT2D eigenvalue weighted by molar-refractivity contribution is 7.92. The van der Waals surface area contributed by atoms with Crippen LogP contribution in [0.1, 0.15) is 0 Å². The van der Waals surface area contributed by atoms with Crippen molar-refractivity contribution >= 4 is 63.6 Å². The van der Waals surface area contributed by atoms with E-state index in [2.05, 4.69) is 0 Å². The SMILES string of the molecule is Nc1ccc(S(=O)(=O)c2ccc(N3CN(c4ccc(S(=O)(=O)c5ccc(N)cc5)cc4)CN(c4ccc(S(=O)(=O)c5ccc(N)cc5)cc4)C3)cc2)cc1. The van der Waals surface area contributed by atoms with Crippen LogP contribution in [0.2, 0.25) is 0 Å². The number of hydrogen-bond acceptors (Lipinski definition) is 12. The lowest BCUT2D eigenvalue weighted by Crippen LogP contribution is -2.55. The highest BCUT2D eigenvalue weighted by Crippen LogP contribution is 2.32. The Bertz CT molecular complexity index is 2320. The summed E-state index contributed by atoms with van der Waals surface area (Å²) in [5, 5.41) is 0. The Kier molecular flexibility index (Phi) is 9.47. The first-order chi connectivity index (χ1) is 25.7. The molecule has 1 heterocycles.